The monoisotopic (exact) mass is 346 g/mol. The highest BCUT2D eigenvalue weighted by molar-refractivity contribution is 7.09. The van der Waals surface area contributed by atoms with Gasteiger partial charge in [-0.1, -0.05) is 19.9 Å². The predicted octanol–water partition coefficient (Wildman–Crippen LogP) is 2.61. The fraction of sp³-hybridized carbons (Fsp3) is 0.556. The van der Waals surface area contributed by atoms with Crippen LogP contribution in [0.15, 0.2) is 17.5 Å². The number of hydrogen-bond acceptors (Lipinski definition) is 4. The lowest BCUT2D eigenvalue weighted by atomic mass is 9.90. The Kier molecular flexibility index (Phi) is 5.36. The highest BCUT2D eigenvalue weighted by Gasteiger charge is 2.30. The van der Waals surface area contributed by atoms with Crippen molar-refractivity contribution in [3.05, 3.63) is 39.3 Å². The molecule has 1 N–H and O–H groups in total. The third-order valence-corrected chi connectivity index (χ3v) is 5.85. The second kappa shape index (κ2) is 7.49. The summed E-state index contributed by atoms with van der Waals surface area (Å²) in [5.74, 6) is -0.0551. The Hall–Kier alpha value is -1.66. The van der Waals surface area contributed by atoms with Crippen molar-refractivity contribution in [2.75, 3.05) is 13.1 Å². The lowest BCUT2D eigenvalue weighted by molar-refractivity contribution is 0.0944. The maximum atomic E-state index is 12.6. The normalized spacial score (nSPS) is 17.1. The van der Waals surface area contributed by atoms with E-state index in [9.17, 15) is 4.79 Å². The van der Waals surface area contributed by atoms with Crippen LogP contribution >= 0.6 is 11.3 Å². The van der Waals surface area contributed by atoms with Gasteiger partial charge in [0.25, 0.3) is 5.91 Å². The first-order valence-electron chi connectivity index (χ1n) is 8.73. The van der Waals surface area contributed by atoms with Crippen molar-refractivity contribution in [2.45, 2.75) is 45.7 Å². The zero-order valence-corrected chi connectivity index (χ0v) is 15.5. The zero-order chi connectivity index (χ0) is 17.1. The number of aromatic nitrogens is 2. The molecule has 1 unspecified atom stereocenters. The van der Waals surface area contributed by atoms with Gasteiger partial charge in [0.05, 0.1) is 6.54 Å². The summed E-state index contributed by atoms with van der Waals surface area (Å²) in [6.45, 7) is 7.09. The number of nitrogens with zero attached hydrogens (tertiary/aromatic N) is 3. The largest absolute Gasteiger partial charge is 0.346 e. The Morgan fingerprint density at radius 3 is 2.92 bits per heavy atom. The Balaban J connectivity index is 1.76. The molecule has 3 rings (SSSR count). The zero-order valence-electron chi connectivity index (χ0n) is 14.7. The van der Waals surface area contributed by atoms with Crippen LogP contribution in [0.3, 0.4) is 0 Å². The summed E-state index contributed by atoms with van der Waals surface area (Å²) in [5, 5.41) is 9.57. The maximum absolute atomic E-state index is 12.6. The molecule has 1 aliphatic carbocycles. The Morgan fingerprint density at radius 2 is 2.25 bits per heavy atom. The molecule has 0 saturated heterocycles. The number of amides is 1. The standard InChI is InChI=1S/C18H26N4OS/c1-4-22(5-2)13-8-9-16-15(11-13)17(20-21(16)3)18(23)19-12-14-7-6-10-24-14/h6-7,10,13H,4-5,8-9,11-12H2,1-3H3,(H,19,23). The molecule has 1 atom stereocenters. The Labute approximate surface area is 147 Å². The van der Waals surface area contributed by atoms with Crippen molar-refractivity contribution < 1.29 is 4.79 Å². The quantitative estimate of drug-likeness (QED) is 0.875. The van der Waals surface area contributed by atoms with Crippen LogP contribution < -0.4 is 5.32 Å². The second-order valence-electron chi connectivity index (χ2n) is 6.28. The summed E-state index contributed by atoms with van der Waals surface area (Å²) in [7, 11) is 1.95. The fourth-order valence-electron chi connectivity index (χ4n) is 3.67. The molecular formula is C18H26N4OS. The minimum Gasteiger partial charge on any atom is -0.346 e. The lowest BCUT2D eigenvalue weighted by Crippen LogP contribution is -2.39. The average Bonchev–Trinajstić information content (AvgIpc) is 3.22. The van der Waals surface area contributed by atoms with E-state index < -0.39 is 0 Å². The van der Waals surface area contributed by atoms with Gasteiger partial charge >= 0.3 is 0 Å². The van der Waals surface area contributed by atoms with Gasteiger partial charge in [0.15, 0.2) is 5.69 Å². The van der Waals surface area contributed by atoms with E-state index in [1.807, 2.05) is 29.2 Å². The van der Waals surface area contributed by atoms with Crippen molar-refractivity contribution in [2.24, 2.45) is 7.05 Å². The number of hydrogen-bond donors (Lipinski definition) is 1. The van der Waals surface area contributed by atoms with Crippen LogP contribution in [-0.2, 0) is 26.4 Å². The number of thiophene rings is 1. The Bertz CT molecular complexity index is 688. The topological polar surface area (TPSA) is 50.2 Å². The molecule has 0 bridgehead atoms. The molecule has 1 aliphatic rings. The van der Waals surface area contributed by atoms with E-state index in [2.05, 4.69) is 29.2 Å². The van der Waals surface area contributed by atoms with E-state index in [1.54, 1.807) is 11.3 Å². The smallest absolute Gasteiger partial charge is 0.272 e. The van der Waals surface area contributed by atoms with Gasteiger partial charge in [-0.2, -0.15) is 5.10 Å². The van der Waals surface area contributed by atoms with E-state index in [0.717, 1.165) is 42.8 Å². The van der Waals surface area contributed by atoms with E-state index in [0.29, 0.717) is 18.3 Å². The van der Waals surface area contributed by atoms with Crippen LogP contribution in [-0.4, -0.2) is 39.7 Å². The first kappa shape index (κ1) is 17.2. The fourth-order valence-corrected chi connectivity index (χ4v) is 4.31. The maximum Gasteiger partial charge on any atom is 0.272 e. The van der Waals surface area contributed by atoms with Crippen LogP contribution in [0.1, 0.15) is 46.9 Å². The molecule has 0 fully saturated rings. The van der Waals surface area contributed by atoms with Gasteiger partial charge in [0.2, 0.25) is 0 Å². The second-order valence-corrected chi connectivity index (χ2v) is 7.31. The third-order valence-electron chi connectivity index (χ3n) is 4.98. The molecule has 1 amide bonds. The number of likely N-dealkylation sites (N-methyl/N-ethyl adjacent to an activating group) is 1. The van der Waals surface area contributed by atoms with Crippen molar-refractivity contribution >= 4 is 17.2 Å². The molecule has 130 valence electrons. The molecular weight excluding hydrogens is 320 g/mol. The van der Waals surface area contributed by atoms with Gasteiger partial charge in [-0.3, -0.25) is 9.48 Å². The van der Waals surface area contributed by atoms with Crippen molar-refractivity contribution in [3.63, 3.8) is 0 Å². The molecule has 0 spiro atoms. The Morgan fingerprint density at radius 1 is 1.46 bits per heavy atom. The molecule has 0 radical (unpaired) electrons. The van der Waals surface area contributed by atoms with Crippen LogP contribution in [0.25, 0.3) is 0 Å². The minimum atomic E-state index is -0.0551. The highest BCUT2D eigenvalue weighted by Crippen LogP contribution is 2.27. The molecule has 0 aromatic carbocycles. The summed E-state index contributed by atoms with van der Waals surface area (Å²) in [6.07, 6.45) is 3.06. The molecule has 6 heteroatoms. The summed E-state index contributed by atoms with van der Waals surface area (Å²) in [5.41, 5.74) is 2.98. The van der Waals surface area contributed by atoms with Crippen LogP contribution in [0.2, 0.25) is 0 Å². The number of nitrogens with one attached hydrogen (secondary N) is 1. The molecule has 5 nitrogen and oxygen atoms in total. The molecule has 2 heterocycles. The minimum absolute atomic E-state index is 0.0551. The highest BCUT2D eigenvalue weighted by atomic mass is 32.1. The van der Waals surface area contributed by atoms with Crippen molar-refractivity contribution in [1.82, 2.24) is 20.0 Å². The molecule has 2 aromatic heterocycles. The SMILES string of the molecule is CCN(CC)C1CCc2c(c(C(=O)NCc3cccs3)nn2C)C1. The van der Waals surface area contributed by atoms with Crippen molar-refractivity contribution in [1.29, 1.82) is 0 Å². The van der Waals surface area contributed by atoms with Gasteiger partial charge in [-0.15, -0.1) is 11.3 Å². The van der Waals surface area contributed by atoms with E-state index in [4.69, 9.17) is 0 Å². The van der Waals surface area contributed by atoms with Crippen LogP contribution in [0.4, 0.5) is 0 Å². The number of rotatable bonds is 6. The van der Waals surface area contributed by atoms with Gasteiger partial charge in [-0.25, -0.2) is 0 Å². The van der Waals surface area contributed by atoms with Gasteiger partial charge in [-0.05, 0) is 43.8 Å². The molecule has 0 aliphatic heterocycles. The van der Waals surface area contributed by atoms with Crippen molar-refractivity contribution in [3.8, 4) is 0 Å². The average molecular weight is 347 g/mol. The van der Waals surface area contributed by atoms with Gasteiger partial charge < -0.3 is 10.2 Å². The van der Waals surface area contributed by atoms with Gasteiger partial charge in [0, 0.05) is 29.2 Å². The third kappa shape index (κ3) is 3.39. The molecule has 0 saturated carbocycles. The first-order valence-corrected chi connectivity index (χ1v) is 9.61. The summed E-state index contributed by atoms with van der Waals surface area (Å²) in [6, 6.07) is 4.55. The molecule has 2 aromatic rings. The number of carbonyl (C=O) groups is 1. The van der Waals surface area contributed by atoms with Crippen LogP contribution in [0.5, 0.6) is 0 Å². The number of carbonyl (C=O) groups excluding carboxylic acids is 1. The summed E-state index contributed by atoms with van der Waals surface area (Å²) < 4.78 is 1.90. The van der Waals surface area contributed by atoms with E-state index in [-0.39, 0.29) is 5.91 Å². The number of aryl methyl sites for hydroxylation is 1. The summed E-state index contributed by atoms with van der Waals surface area (Å²) >= 11 is 1.66. The van der Waals surface area contributed by atoms with Crippen LogP contribution in [0, 0.1) is 0 Å². The van der Waals surface area contributed by atoms with E-state index >= 15 is 0 Å². The van der Waals surface area contributed by atoms with Gasteiger partial charge in [0.1, 0.15) is 0 Å². The number of fused-ring (bicyclic) bond motifs is 1. The van der Waals surface area contributed by atoms with E-state index in [1.165, 1.54) is 5.69 Å². The lowest BCUT2D eigenvalue weighted by Gasteiger charge is -2.32. The first-order chi connectivity index (χ1) is 11.6. The predicted molar refractivity (Wildman–Crippen MR) is 97.4 cm³/mol. The molecule has 24 heavy (non-hydrogen) atoms. The summed E-state index contributed by atoms with van der Waals surface area (Å²) in [4.78, 5) is 16.3.